The van der Waals surface area contributed by atoms with Crippen LogP contribution in [0.3, 0.4) is 0 Å². The summed E-state index contributed by atoms with van der Waals surface area (Å²) in [4.78, 5) is 25.5. The van der Waals surface area contributed by atoms with Gasteiger partial charge in [0.15, 0.2) is 0 Å². The summed E-state index contributed by atoms with van der Waals surface area (Å²) in [5.74, 6) is -0.0990. The Kier molecular flexibility index (Phi) is 3.21. The van der Waals surface area contributed by atoms with Gasteiger partial charge in [0.25, 0.3) is 0 Å². The first kappa shape index (κ1) is 10.8. The Morgan fingerprint density at radius 3 is 2.53 bits per heavy atom. The molecule has 1 aliphatic rings. The highest BCUT2D eigenvalue weighted by molar-refractivity contribution is 9.10. The lowest BCUT2D eigenvalue weighted by atomic mass is 10.1. The molecule has 0 radical (unpaired) electrons. The van der Waals surface area contributed by atoms with Crippen LogP contribution in [0.2, 0.25) is 0 Å². The van der Waals surface area contributed by atoms with Crippen LogP contribution in [0.25, 0.3) is 0 Å². The Hall–Kier alpha value is -0.680. The minimum absolute atomic E-state index is 0.0495. The first-order chi connectivity index (χ1) is 7.18. The van der Waals surface area contributed by atoms with Gasteiger partial charge in [-0.3, -0.25) is 14.5 Å². The van der Waals surface area contributed by atoms with Crippen molar-refractivity contribution in [3.8, 4) is 0 Å². The Bertz CT molecular complexity index is 386. The highest BCUT2D eigenvalue weighted by Gasteiger charge is 2.26. The van der Waals surface area contributed by atoms with E-state index < -0.39 is 0 Å². The number of rotatable bonds is 2. The molecule has 1 fully saturated rings. The monoisotopic (exact) mass is 287 g/mol. The van der Waals surface area contributed by atoms with Crippen LogP contribution in [-0.4, -0.2) is 16.7 Å². The van der Waals surface area contributed by atoms with Gasteiger partial charge in [-0.15, -0.1) is 11.3 Å². The van der Waals surface area contributed by atoms with Crippen LogP contribution in [0.15, 0.2) is 15.9 Å². The van der Waals surface area contributed by atoms with E-state index in [-0.39, 0.29) is 11.8 Å². The number of hydrogen-bond donors (Lipinski definition) is 0. The smallest absolute Gasteiger partial charge is 0.229 e. The third-order valence-corrected chi connectivity index (χ3v) is 4.29. The lowest BCUT2D eigenvalue weighted by Crippen LogP contribution is -2.39. The number of halogens is 1. The molecule has 2 heterocycles. The SMILES string of the molecule is O=C1CCCC(=O)N1Cc1sccc1Br. The van der Waals surface area contributed by atoms with Gasteiger partial charge in [-0.25, -0.2) is 0 Å². The molecule has 5 heteroatoms. The maximum absolute atomic E-state index is 11.5. The average molecular weight is 288 g/mol. The maximum Gasteiger partial charge on any atom is 0.229 e. The molecule has 1 saturated heterocycles. The second-order valence-electron chi connectivity index (χ2n) is 3.42. The van der Waals surface area contributed by atoms with Crippen LogP contribution in [-0.2, 0) is 16.1 Å². The van der Waals surface area contributed by atoms with Crippen LogP contribution in [0.1, 0.15) is 24.1 Å². The molecule has 1 aromatic rings. The molecule has 2 amide bonds. The van der Waals surface area contributed by atoms with E-state index in [1.807, 2.05) is 11.4 Å². The summed E-state index contributed by atoms with van der Waals surface area (Å²) in [7, 11) is 0. The van der Waals surface area contributed by atoms with E-state index in [0.717, 1.165) is 9.35 Å². The van der Waals surface area contributed by atoms with Crippen molar-refractivity contribution in [2.75, 3.05) is 0 Å². The number of carbonyl (C=O) groups is 2. The largest absolute Gasteiger partial charge is 0.277 e. The van der Waals surface area contributed by atoms with Crippen molar-refractivity contribution in [3.63, 3.8) is 0 Å². The van der Waals surface area contributed by atoms with Crippen LogP contribution in [0, 0.1) is 0 Å². The second-order valence-corrected chi connectivity index (χ2v) is 5.27. The van der Waals surface area contributed by atoms with Gasteiger partial charge in [0, 0.05) is 22.2 Å². The molecule has 0 saturated carbocycles. The van der Waals surface area contributed by atoms with Crippen LogP contribution < -0.4 is 0 Å². The zero-order chi connectivity index (χ0) is 10.8. The lowest BCUT2D eigenvalue weighted by molar-refractivity contribution is -0.148. The van der Waals surface area contributed by atoms with Gasteiger partial charge in [0.05, 0.1) is 6.54 Å². The summed E-state index contributed by atoms with van der Waals surface area (Å²) in [6, 6.07) is 1.93. The van der Waals surface area contributed by atoms with Gasteiger partial charge < -0.3 is 0 Å². The predicted molar refractivity (Wildman–Crippen MR) is 61.4 cm³/mol. The van der Waals surface area contributed by atoms with Crippen LogP contribution in [0.5, 0.6) is 0 Å². The van der Waals surface area contributed by atoms with Crippen molar-refractivity contribution in [1.29, 1.82) is 0 Å². The minimum Gasteiger partial charge on any atom is -0.277 e. The number of likely N-dealkylation sites (tertiary alicyclic amines) is 1. The molecule has 0 spiro atoms. The summed E-state index contributed by atoms with van der Waals surface area (Å²) in [5.41, 5.74) is 0. The van der Waals surface area contributed by atoms with Gasteiger partial charge in [0.2, 0.25) is 11.8 Å². The number of hydrogen-bond acceptors (Lipinski definition) is 3. The fourth-order valence-electron chi connectivity index (χ4n) is 1.56. The molecule has 0 N–H and O–H groups in total. The van der Waals surface area contributed by atoms with E-state index in [1.165, 1.54) is 4.90 Å². The highest BCUT2D eigenvalue weighted by Crippen LogP contribution is 2.26. The van der Waals surface area contributed by atoms with Crippen LogP contribution >= 0.6 is 27.3 Å². The zero-order valence-electron chi connectivity index (χ0n) is 8.03. The summed E-state index contributed by atoms with van der Waals surface area (Å²) in [6.45, 7) is 0.413. The van der Waals surface area contributed by atoms with Crippen molar-refractivity contribution in [2.24, 2.45) is 0 Å². The van der Waals surface area contributed by atoms with Crippen molar-refractivity contribution < 1.29 is 9.59 Å². The molecule has 80 valence electrons. The number of carbonyl (C=O) groups excluding carboxylic acids is 2. The van der Waals surface area contributed by atoms with E-state index in [0.29, 0.717) is 25.8 Å². The molecule has 0 aliphatic carbocycles. The highest BCUT2D eigenvalue weighted by atomic mass is 79.9. The lowest BCUT2D eigenvalue weighted by Gasteiger charge is -2.24. The molecular formula is C10H10BrNO2S. The molecule has 1 aromatic heterocycles. The summed E-state index contributed by atoms with van der Waals surface area (Å²) >= 11 is 4.95. The van der Waals surface area contributed by atoms with Crippen LogP contribution in [0.4, 0.5) is 0 Å². The molecule has 2 rings (SSSR count). The standard InChI is InChI=1S/C10H10BrNO2S/c11-7-4-5-15-8(7)6-12-9(13)2-1-3-10(12)14/h4-5H,1-3,6H2. The predicted octanol–water partition coefficient (Wildman–Crippen LogP) is 2.55. The minimum atomic E-state index is -0.0495. The van der Waals surface area contributed by atoms with E-state index in [2.05, 4.69) is 15.9 Å². The molecular weight excluding hydrogens is 278 g/mol. The molecule has 0 atom stereocenters. The maximum atomic E-state index is 11.5. The summed E-state index contributed by atoms with van der Waals surface area (Å²) < 4.78 is 0.971. The van der Waals surface area contributed by atoms with E-state index in [9.17, 15) is 9.59 Å². The van der Waals surface area contributed by atoms with Crippen molar-refractivity contribution in [1.82, 2.24) is 4.90 Å². The first-order valence-corrected chi connectivity index (χ1v) is 6.41. The average Bonchev–Trinajstić information content (AvgIpc) is 2.58. The molecule has 0 unspecified atom stereocenters. The van der Waals surface area contributed by atoms with Crippen molar-refractivity contribution >= 4 is 39.1 Å². The number of nitrogens with zero attached hydrogens (tertiary/aromatic N) is 1. The Labute approximate surface area is 100 Å². The van der Waals surface area contributed by atoms with Gasteiger partial charge in [-0.1, -0.05) is 0 Å². The normalized spacial score (nSPS) is 17.3. The van der Waals surface area contributed by atoms with Gasteiger partial charge in [0.1, 0.15) is 0 Å². The van der Waals surface area contributed by atoms with Gasteiger partial charge in [-0.2, -0.15) is 0 Å². The van der Waals surface area contributed by atoms with E-state index in [1.54, 1.807) is 11.3 Å². The molecule has 15 heavy (non-hydrogen) atoms. The molecule has 0 bridgehead atoms. The second kappa shape index (κ2) is 4.45. The van der Waals surface area contributed by atoms with Crippen molar-refractivity contribution in [2.45, 2.75) is 25.8 Å². The topological polar surface area (TPSA) is 37.4 Å². The Morgan fingerprint density at radius 2 is 2.00 bits per heavy atom. The number of imide groups is 1. The fraction of sp³-hybridized carbons (Fsp3) is 0.400. The molecule has 0 aromatic carbocycles. The number of amides is 2. The third-order valence-electron chi connectivity index (χ3n) is 2.38. The molecule has 1 aliphatic heterocycles. The van der Waals surface area contributed by atoms with Gasteiger partial charge >= 0.3 is 0 Å². The quantitative estimate of drug-likeness (QED) is 0.784. The van der Waals surface area contributed by atoms with E-state index >= 15 is 0 Å². The number of thiophene rings is 1. The zero-order valence-corrected chi connectivity index (χ0v) is 10.4. The van der Waals surface area contributed by atoms with E-state index in [4.69, 9.17) is 0 Å². The Balaban J connectivity index is 2.13. The summed E-state index contributed by atoms with van der Waals surface area (Å²) in [5, 5.41) is 1.94. The van der Waals surface area contributed by atoms with Gasteiger partial charge in [-0.05, 0) is 33.8 Å². The Morgan fingerprint density at radius 1 is 1.33 bits per heavy atom. The molecule has 3 nitrogen and oxygen atoms in total. The number of piperidine rings is 1. The van der Waals surface area contributed by atoms with Crippen molar-refractivity contribution in [3.05, 3.63) is 20.8 Å². The summed E-state index contributed by atoms with van der Waals surface area (Å²) in [6.07, 6.45) is 1.68. The fourth-order valence-corrected chi connectivity index (χ4v) is 3.02. The third kappa shape index (κ3) is 2.29. The first-order valence-electron chi connectivity index (χ1n) is 4.73.